The van der Waals surface area contributed by atoms with Crippen molar-refractivity contribution in [3.63, 3.8) is 0 Å². The Balaban J connectivity index is 2.18. The van der Waals surface area contributed by atoms with E-state index >= 15 is 0 Å². The molecule has 0 radical (unpaired) electrons. The molecule has 1 aromatic carbocycles. The molecule has 1 aliphatic heterocycles. The van der Waals surface area contributed by atoms with Gasteiger partial charge in [0.15, 0.2) is 0 Å². The quantitative estimate of drug-likeness (QED) is 0.716. The lowest BCUT2D eigenvalue weighted by molar-refractivity contribution is -0.146. The number of nitrogens with zero attached hydrogens (tertiary/aromatic N) is 1. The minimum atomic E-state index is -3.91. The molecule has 2 rings (SSSR count). The second kappa shape index (κ2) is 8.71. The number of benzene rings is 1. The number of carboxylic acid groups (broad SMARTS) is 1. The lowest BCUT2D eigenvalue weighted by Gasteiger charge is -2.34. The van der Waals surface area contributed by atoms with Crippen LogP contribution in [0.25, 0.3) is 0 Å². The van der Waals surface area contributed by atoms with Gasteiger partial charge in [-0.25, -0.2) is 8.42 Å². The van der Waals surface area contributed by atoms with E-state index in [-0.39, 0.29) is 17.4 Å². The first-order valence-corrected chi connectivity index (χ1v) is 10.3. The molecule has 0 aliphatic carbocycles. The highest BCUT2D eigenvalue weighted by molar-refractivity contribution is 7.89. The van der Waals surface area contributed by atoms with E-state index in [0.29, 0.717) is 25.1 Å². The predicted molar refractivity (Wildman–Crippen MR) is 98.9 cm³/mol. The van der Waals surface area contributed by atoms with Crippen LogP contribution in [0.5, 0.6) is 5.75 Å². The first kappa shape index (κ1) is 21.2. The van der Waals surface area contributed by atoms with Gasteiger partial charge >= 0.3 is 5.97 Å². The lowest BCUT2D eigenvalue weighted by Crippen LogP contribution is -2.54. The number of amides is 1. The molecular formula is C18H26N2O6S. The number of ether oxygens (including phenoxy) is 1. The van der Waals surface area contributed by atoms with Crippen molar-refractivity contribution in [2.75, 3.05) is 20.2 Å². The molecule has 1 aromatic rings. The Morgan fingerprint density at radius 1 is 1.26 bits per heavy atom. The molecule has 1 fully saturated rings. The summed E-state index contributed by atoms with van der Waals surface area (Å²) in [5, 5.41) is 9.20. The molecule has 0 saturated carbocycles. The van der Waals surface area contributed by atoms with Gasteiger partial charge in [-0.2, -0.15) is 4.72 Å². The molecule has 1 aliphatic rings. The smallest absolute Gasteiger partial charge is 0.308 e. The predicted octanol–water partition coefficient (Wildman–Crippen LogP) is 1.32. The second-order valence-electron chi connectivity index (χ2n) is 6.98. The molecule has 0 aromatic heterocycles. The third-order valence-electron chi connectivity index (χ3n) is 4.67. The van der Waals surface area contributed by atoms with Crippen molar-refractivity contribution >= 4 is 21.9 Å². The summed E-state index contributed by atoms with van der Waals surface area (Å²) >= 11 is 0. The molecule has 2 N–H and O–H groups in total. The Morgan fingerprint density at radius 2 is 1.89 bits per heavy atom. The molecule has 0 bridgehead atoms. The minimum absolute atomic E-state index is 0.0313. The standard InChI is InChI=1S/C18H26N2O6S/c1-12(2)16(17(21)20-10-4-5-13(11-20)18(22)23)19-27(24,25)15-8-6-14(26-3)7-9-15/h6-9,12-13,16,19H,4-5,10-11H2,1-3H3,(H,22,23). The van der Waals surface area contributed by atoms with Crippen molar-refractivity contribution in [3.8, 4) is 5.75 Å². The molecule has 2 atom stereocenters. The zero-order chi connectivity index (χ0) is 20.2. The number of hydrogen-bond acceptors (Lipinski definition) is 5. The van der Waals surface area contributed by atoms with Gasteiger partial charge in [0, 0.05) is 13.1 Å². The van der Waals surface area contributed by atoms with Crippen LogP contribution >= 0.6 is 0 Å². The average Bonchev–Trinajstić information content (AvgIpc) is 2.65. The summed E-state index contributed by atoms with van der Waals surface area (Å²) in [6.07, 6.45) is 1.10. The maximum Gasteiger partial charge on any atom is 0.308 e. The van der Waals surface area contributed by atoms with Crippen LogP contribution in [0, 0.1) is 11.8 Å². The number of piperidine rings is 1. The first-order chi connectivity index (χ1) is 12.7. The zero-order valence-corrected chi connectivity index (χ0v) is 16.5. The van der Waals surface area contributed by atoms with Gasteiger partial charge in [-0.15, -0.1) is 0 Å². The number of likely N-dealkylation sites (tertiary alicyclic amines) is 1. The Labute approximate surface area is 159 Å². The van der Waals surface area contributed by atoms with Crippen molar-refractivity contribution in [2.45, 2.75) is 37.6 Å². The van der Waals surface area contributed by atoms with Crippen LogP contribution < -0.4 is 9.46 Å². The average molecular weight is 398 g/mol. The molecule has 150 valence electrons. The van der Waals surface area contributed by atoms with Crippen molar-refractivity contribution in [3.05, 3.63) is 24.3 Å². The van der Waals surface area contributed by atoms with Gasteiger partial charge in [-0.3, -0.25) is 9.59 Å². The summed E-state index contributed by atoms with van der Waals surface area (Å²) in [4.78, 5) is 25.6. The van der Waals surface area contributed by atoms with E-state index in [1.807, 2.05) is 0 Å². The van der Waals surface area contributed by atoms with Crippen LogP contribution in [-0.4, -0.2) is 56.5 Å². The monoisotopic (exact) mass is 398 g/mol. The number of nitrogens with one attached hydrogen (secondary N) is 1. The van der Waals surface area contributed by atoms with Gasteiger partial charge in [0.25, 0.3) is 0 Å². The summed E-state index contributed by atoms with van der Waals surface area (Å²) in [6.45, 7) is 4.02. The number of methoxy groups -OCH3 is 1. The highest BCUT2D eigenvalue weighted by Gasteiger charge is 2.35. The summed E-state index contributed by atoms with van der Waals surface area (Å²) in [5.41, 5.74) is 0. The molecule has 1 heterocycles. The van der Waals surface area contributed by atoms with Crippen molar-refractivity contribution in [2.24, 2.45) is 11.8 Å². The third kappa shape index (κ3) is 5.20. The van der Waals surface area contributed by atoms with Gasteiger partial charge in [0.05, 0.1) is 17.9 Å². The molecule has 2 unspecified atom stereocenters. The van der Waals surface area contributed by atoms with Crippen LogP contribution in [0.2, 0.25) is 0 Å². The maximum absolute atomic E-state index is 12.9. The molecule has 27 heavy (non-hydrogen) atoms. The fourth-order valence-electron chi connectivity index (χ4n) is 3.04. The van der Waals surface area contributed by atoms with E-state index < -0.39 is 33.9 Å². The highest BCUT2D eigenvalue weighted by atomic mass is 32.2. The molecule has 0 spiro atoms. The van der Waals surface area contributed by atoms with Crippen LogP contribution in [0.1, 0.15) is 26.7 Å². The van der Waals surface area contributed by atoms with E-state index in [1.54, 1.807) is 13.8 Å². The van der Waals surface area contributed by atoms with E-state index in [2.05, 4.69) is 4.72 Å². The number of carbonyl (C=O) groups is 2. The van der Waals surface area contributed by atoms with E-state index in [9.17, 15) is 23.1 Å². The Hall–Kier alpha value is -2.13. The summed E-state index contributed by atoms with van der Waals surface area (Å²) in [5.74, 6) is -1.72. The normalized spacial score (nSPS) is 19.0. The Kier molecular flexibility index (Phi) is 6.83. The first-order valence-electron chi connectivity index (χ1n) is 8.83. The van der Waals surface area contributed by atoms with Crippen molar-refractivity contribution < 1.29 is 27.9 Å². The third-order valence-corrected chi connectivity index (χ3v) is 6.12. The largest absolute Gasteiger partial charge is 0.497 e. The minimum Gasteiger partial charge on any atom is -0.497 e. The SMILES string of the molecule is COc1ccc(S(=O)(=O)NC(C(=O)N2CCCC(C(=O)O)C2)C(C)C)cc1. The van der Waals surface area contributed by atoms with Gasteiger partial charge in [0.2, 0.25) is 15.9 Å². The van der Waals surface area contributed by atoms with Crippen LogP contribution in [-0.2, 0) is 19.6 Å². The molecule has 9 heteroatoms. The van der Waals surface area contributed by atoms with Crippen LogP contribution in [0.4, 0.5) is 0 Å². The maximum atomic E-state index is 12.9. The summed E-state index contributed by atoms with van der Waals surface area (Å²) < 4.78 is 32.9. The molecule has 1 amide bonds. The lowest BCUT2D eigenvalue weighted by atomic mass is 9.96. The second-order valence-corrected chi connectivity index (χ2v) is 8.69. The molecular weight excluding hydrogens is 372 g/mol. The Morgan fingerprint density at radius 3 is 2.41 bits per heavy atom. The molecule has 1 saturated heterocycles. The van der Waals surface area contributed by atoms with Crippen molar-refractivity contribution in [1.29, 1.82) is 0 Å². The van der Waals surface area contributed by atoms with E-state index in [4.69, 9.17) is 4.74 Å². The number of hydrogen-bond donors (Lipinski definition) is 2. The highest BCUT2D eigenvalue weighted by Crippen LogP contribution is 2.21. The number of aliphatic carboxylic acids is 1. The fourth-order valence-corrected chi connectivity index (χ4v) is 4.38. The van der Waals surface area contributed by atoms with Crippen LogP contribution in [0.15, 0.2) is 29.2 Å². The van der Waals surface area contributed by atoms with Gasteiger partial charge in [-0.1, -0.05) is 13.8 Å². The van der Waals surface area contributed by atoms with Gasteiger partial charge in [-0.05, 0) is 43.0 Å². The number of carbonyl (C=O) groups excluding carboxylic acids is 1. The topological polar surface area (TPSA) is 113 Å². The van der Waals surface area contributed by atoms with E-state index in [0.717, 1.165) is 0 Å². The van der Waals surface area contributed by atoms with Crippen LogP contribution in [0.3, 0.4) is 0 Å². The summed E-state index contributed by atoms with van der Waals surface area (Å²) in [6, 6.07) is 4.91. The van der Waals surface area contributed by atoms with Gasteiger partial charge < -0.3 is 14.7 Å². The van der Waals surface area contributed by atoms with Crippen molar-refractivity contribution in [1.82, 2.24) is 9.62 Å². The Bertz CT molecular complexity index is 776. The number of sulfonamides is 1. The van der Waals surface area contributed by atoms with Gasteiger partial charge in [0.1, 0.15) is 11.8 Å². The summed E-state index contributed by atoms with van der Waals surface area (Å²) in [7, 11) is -2.43. The molecule has 8 nitrogen and oxygen atoms in total. The zero-order valence-electron chi connectivity index (χ0n) is 15.7. The van der Waals surface area contributed by atoms with E-state index in [1.165, 1.54) is 36.3 Å². The number of rotatable bonds is 7. The number of carboxylic acids is 1. The fraction of sp³-hybridized carbons (Fsp3) is 0.556.